The number of aryl methyl sites for hydroxylation is 2. The van der Waals surface area contributed by atoms with Gasteiger partial charge in [0.05, 0.1) is 11.1 Å². The highest BCUT2D eigenvalue weighted by Gasteiger charge is 2.26. The first-order valence-corrected chi connectivity index (χ1v) is 9.43. The molecule has 0 saturated carbocycles. The highest BCUT2D eigenvalue weighted by atomic mass is 19.1. The van der Waals surface area contributed by atoms with Crippen LogP contribution in [-0.2, 0) is 0 Å². The summed E-state index contributed by atoms with van der Waals surface area (Å²) in [6.07, 6.45) is 0.998. The van der Waals surface area contributed by atoms with Crippen molar-refractivity contribution in [2.45, 2.75) is 32.8 Å². The van der Waals surface area contributed by atoms with Crippen LogP contribution in [0.3, 0.4) is 0 Å². The molecule has 0 atom stereocenters. The van der Waals surface area contributed by atoms with Crippen molar-refractivity contribution in [3.63, 3.8) is 0 Å². The molecule has 1 fully saturated rings. The molecular formula is C22H22F2N2O2. The highest BCUT2D eigenvalue weighted by Crippen LogP contribution is 2.27. The van der Waals surface area contributed by atoms with Crippen LogP contribution in [0.15, 0.2) is 36.4 Å². The number of fused-ring (bicyclic) bond motifs is 1. The quantitative estimate of drug-likeness (QED) is 0.709. The van der Waals surface area contributed by atoms with Crippen LogP contribution in [0.4, 0.5) is 8.78 Å². The lowest BCUT2D eigenvalue weighted by Gasteiger charge is -2.32. The molecule has 1 amide bonds. The summed E-state index contributed by atoms with van der Waals surface area (Å²) in [5.41, 5.74) is 3.74. The predicted molar refractivity (Wildman–Crippen MR) is 104 cm³/mol. The number of amides is 1. The van der Waals surface area contributed by atoms with Crippen molar-refractivity contribution in [2.75, 3.05) is 13.1 Å². The van der Waals surface area contributed by atoms with Crippen LogP contribution in [0, 0.1) is 25.5 Å². The molecule has 0 spiro atoms. The third-order valence-electron chi connectivity index (χ3n) is 5.49. The maximum Gasteiger partial charge on any atom is 0.255 e. The van der Waals surface area contributed by atoms with E-state index >= 15 is 0 Å². The monoisotopic (exact) mass is 384 g/mol. The van der Waals surface area contributed by atoms with Crippen molar-refractivity contribution in [1.82, 2.24) is 9.88 Å². The van der Waals surface area contributed by atoms with Crippen molar-refractivity contribution < 1.29 is 18.3 Å². The Kier molecular flexibility index (Phi) is 4.79. The van der Waals surface area contributed by atoms with Gasteiger partial charge < -0.3 is 14.6 Å². The zero-order valence-electron chi connectivity index (χ0n) is 15.9. The molecule has 0 radical (unpaired) electrons. The third-order valence-corrected chi connectivity index (χ3v) is 5.49. The molecule has 0 unspecified atom stereocenters. The number of hydrogen-bond donors (Lipinski definition) is 1. The molecule has 1 aliphatic rings. The fourth-order valence-electron chi connectivity index (χ4n) is 3.76. The summed E-state index contributed by atoms with van der Waals surface area (Å²) in [4.78, 5) is 18.2. The number of halogens is 2. The number of aromatic nitrogens is 1. The van der Waals surface area contributed by atoms with Crippen molar-refractivity contribution in [1.29, 1.82) is 0 Å². The van der Waals surface area contributed by atoms with Gasteiger partial charge in [-0.3, -0.25) is 4.79 Å². The average molecular weight is 384 g/mol. The van der Waals surface area contributed by atoms with Crippen LogP contribution < -0.4 is 4.74 Å². The van der Waals surface area contributed by atoms with E-state index in [4.69, 9.17) is 4.74 Å². The van der Waals surface area contributed by atoms with Gasteiger partial charge in [0.1, 0.15) is 11.9 Å². The van der Waals surface area contributed by atoms with E-state index in [0.717, 1.165) is 28.2 Å². The van der Waals surface area contributed by atoms with Gasteiger partial charge >= 0.3 is 0 Å². The zero-order valence-corrected chi connectivity index (χ0v) is 15.9. The zero-order chi connectivity index (χ0) is 19.8. The van der Waals surface area contributed by atoms with Crippen LogP contribution in [0.5, 0.6) is 5.75 Å². The fraction of sp³-hybridized carbons (Fsp3) is 0.318. The van der Waals surface area contributed by atoms with Gasteiger partial charge in [0, 0.05) is 43.1 Å². The number of ether oxygens (including phenoxy) is 1. The van der Waals surface area contributed by atoms with Gasteiger partial charge in [0.15, 0.2) is 11.6 Å². The van der Waals surface area contributed by atoms with Gasteiger partial charge in [0.2, 0.25) is 0 Å². The van der Waals surface area contributed by atoms with Crippen LogP contribution in [-0.4, -0.2) is 35.0 Å². The summed E-state index contributed by atoms with van der Waals surface area (Å²) >= 11 is 0. The number of H-pyrrole nitrogens is 1. The number of nitrogens with one attached hydrogen (secondary N) is 1. The molecule has 28 heavy (non-hydrogen) atoms. The van der Waals surface area contributed by atoms with E-state index < -0.39 is 11.6 Å². The molecule has 6 heteroatoms. The second kappa shape index (κ2) is 7.26. The van der Waals surface area contributed by atoms with E-state index in [2.05, 4.69) is 4.98 Å². The van der Waals surface area contributed by atoms with Gasteiger partial charge in [0.25, 0.3) is 5.91 Å². The molecule has 4 nitrogen and oxygen atoms in total. The van der Waals surface area contributed by atoms with Gasteiger partial charge in [-0.1, -0.05) is 12.1 Å². The standard InChI is InChI=1S/C22H22F2N2O2/c1-13-14(2)25-21-17(13)4-3-5-18(21)22(27)26-10-8-16(9-11-26)28-20-7-6-15(23)12-19(20)24/h3-7,12,16,25H,8-11H2,1-2H3. The Bertz CT molecular complexity index is 1040. The summed E-state index contributed by atoms with van der Waals surface area (Å²) in [7, 11) is 0. The molecule has 2 heterocycles. The number of carbonyl (C=O) groups excluding carboxylic acids is 1. The third kappa shape index (κ3) is 3.35. The molecule has 0 aliphatic carbocycles. The normalized spacial score (nSPS) is 15.2. The minimum absolute atomic E-state index is 0.0155. The van der Waals surface area contributed by atoms with Crippen LogP contribution in [0.2, 0.25) is 0 Å². The topological polar surface area (TPSA) is 45.3 Å². The number of rotatable bonds is 3. The maximum atomic E-state index is 13.8. The van der Waals surface area contributed by atoms with E-state index in [-0.39, 0.29) is 17.8 Å². The van der Waals surface area contributed by atoms with Crippen LogP contribution in [0.1, 0.15) is 34.5 Å². The summed E-state index contributed by atoms with van der Waals surface area (Å²) in [6.45, 7) is 5.10. The first kappa shape index (κ1) is 18.5. The van der Waals surface area contributed by atoms with Gasteiger partial charge in [-0.25, -0.2) is 8.78 Å². The van der Waals surface area contributed by atoms with Crippen LogP contribution in [0.25, 0.3) is 10.9 Å². The molecular weight excluding hydrogens is 362 g/mol. The Morgan fingerprint density at radius 2 is 1.89 bits per heavy atom. The lowest BCUT2D eigenvalue weighted by molar-refractivity contribution is 0.0590. The Morgan fingerprint density at radius 3 is 2.61 bits per heavy atom. The number of piperidine rings is 1. The number of para-hydroxylation sites is 1. The molecule has 2 aromatic carbocycles. The van der Waals surface area contributed by atoms with E-state index in [1.54, 1.807) is 4.90 Å². The van der Waals surface area contributed by atoms with Gasteiger partial charge in [-0.15, -0.1) is 0 Å². The number of benzene rings is 2. The molecule has 1 N–H and O–H groups in total. The molecule has 1 aliphatic heterocycles. The Labute approximate surface area is 162 Å². The number of aromatic amines is 1. The molecule has 146 valence electrons. The molecule has 1 aromatic heterocycles. The van der Waals surface area contributed by atoms with Crippen LogP contribution >= 0.6 is 0 Å². The maximum absolute atomic E-state index is 13.8. The first-order valence-electron chi connectivity index (χ1n) is 9.43. The Hall–Kier alpha value is -2.89. The summed E-state index contributed by atoms with van der Waals surface area (Å²) in [6, 6.07) is 9.06. The molecule has 4 rings (SSSR count). The smallest absolute Gasteiger partial charge is 0.255 e. The first-order chi connectivity index (χ1) is 13.4. The van der Waals surface area contributed by atoms with Crippen molar-refractivity contribution in [3.8, 4) is 5.75 Å². The second-order valence-electron chi connectivity index (χ2n) is 7.29. The Balaban J connectivity index is 1.45. The van der Waals surface area contributed by atoms with E-state index in [9.17, 15) is 13.6 Å². The predicted octanol–water partition coefficient (Wildman–Crippen LogP) is 4.75. The SMILES string of the molecule is Cc1[nH]c2c(C(=O)N3CCC(Oc4ccc(F)cc4F)CC3)cccc2c1C. The summed E-state index contributed by atoms with van der Waals surface area (Å²) in [5, 5.41) is 1.06. The largest absolute Gasteiger partial charge is 0.487 e. The van der Waals surface area contributed by atoms with Crippen molar-refractivity contribution in [2.24, 2.45) is 0 Å². The number of hydrogen-bond acceptors (Lipinski definition) is 2. The van der Waals surface area contributed by atoms with Gasteiger partial charge in [-0.05, 0) is 37.6 Å². The lowest BCUT2D eigenvalue weighted by Crippen LogP contribution is -2.41. The van der Waals surface area contributed by atoms with E-state index in [1.807, 2.05) is 32.0 Å². The van der Waals surface area contributed by atoms with E-state index in [1.165, 1.54) is 12.1 Å². The summed E-state index contributed by atoms with van der Waals surface area (Å²) in [5.74, 6) is -1.30. The van der Waals surface area contributed by atoms with Gasteiger partial charge in [-0.2, -0.15) is 0 Å². The number of nitrogens with zero attached hydrogens (tertiary/aromatic N) is 1. The lowest BCUT2D eigenvalue weighted by atomic mass is 10.0. The molecule has 3 aromatic rings. The minimum atomic E-state index is -0.706. The average Bonchev–Trinajstić information content (AvgIpc) is 2.98. The second-order valence-corrected chi connectivity index (χ2v) is 7.29. The number of likely N-dealkylation sites (tertiary alicyclic amines) is 1. The highest BCUT2D eigenvalue weighted by molar-refractivity contribution is 6.06. The number of carbonyl (C=O) groups is 1. The minimum Gasteiger partial charge on any atom is -0.487 e. The summed E-state index contributed by atoms with van der Waals surface area (Å²) < 4.78 is 32.5. The fourth-order valence-corrected chi connectivity index (χ4v) is 3.76. The molecule has 0 bridgehead atoms. The van der Waals surface area contributed by atoms with E-state index in [0.29, 0.717) is 31.5 Å². The van der Waals surface area contributed by atoms with Crippen molar-refractivity contribution in [3.05, 3.63) is 64.9 Å². The Morgan fingerprint density at radius 1 is 1.14 bits per heavy atom. The molecule has 1 saturated heterocycles. The van der Waals surface area contributed by atoms with Crippen molar-refractivity contribution >= 4 is 16.8 Å².